The van der Waals surface area contributed by atoms with Crippen molar-refractivity contribution >= 4 is 22.4 Å². The van der Waals surface area contributed by atoms with Crippen molar-refractivity contribution < 1.29 is 9.90 Å². The second-order valence-corrected chi connectivity index (χ2v) is 5.42. The second-order valence-electron chi connectivity index (χ2n) is 5.42. The summed E-state index contributed by atoms with van der Waals surface area (Å²) in [6, 6.07) is 8.31. The van der Waals surface area contributed by atoms with Gasteiger partial charge in [0.15, 0.2) is 0 Å². The van der Waals surface area contributed by atoms with Gasteiger partial charge in [-0.25, -0.2) is 0 Å². The minimum Gasteiger partial charge on any atom is -0.481 e. The molecule has 0 bridgehead atoms. The van der Waals surface area contributed by atoms with Crippen LogP contribution in [-0.4, -0.2) is 15.6 Å². The smallest absolute Gasteiger partial charge is 0.303 e. The Morgan fingerprint density at radius 1 is 1.35 bits per heavy atom. The van der Waals surface area contributed by atoms with Gasteiger partial charge in [0.1, 0.15) is 0 Å². The summed E-state index contributed by atoms with van der Waals surface area (Å²) in [6.07, 6.45) is 4.96. The van der Waals surface area contributed by atoms with E-state index in [9.17, 15) is 4.79 Å². The summed E-state index contributed by atoms with van der Waals surface area (Å²) in [7, 11) is 2.04. The van der Waals surface area contributed by atoms with Crippen LogP contribution in [-0.2, 0) is 11.8 Å². The molecule has 0 aliphatic rings. The third-order valence-electron chi connectivity index (χ3n) is 3.55. The van der Waals surface area contributed by atoms with Crippen LogP contribution in [0.25, 0.3) is 16.5 Å². The average molecular weight is 271 g/mol. The lowest BCUT2D eigenvalue weighted by atomic mass is 9.93. The summed E-state index contributed by atoms with van der Waals surface area (Å²) in [5.41, 5.74) is 3.64. The number of carbonyl (C=O) groups is 1. The van der Waals surface area contributed by atoms with E-state index in [1.807, 2.05) is 19.2 Å². The lowest BCUT2D eigenvalue weighted by Crippen LogP contribution is -1.96. The van der Waals surface area contributed by atoms with E-state index < -0.39 is 5.97 Å². The number of aromatic nitrogens is 1. The Morgan fingerprint density at radius 2 is 2.05 bits per heavy atom. The van der Waals surface area contributed by atoms with Gasteiger partial charge in [0, 0.05) is 36.1 Å². The number of aliphatic carboxylic acids is 1. The number of hydrogen-bond acceptors (Lipinski definition) is 1. The Hall–Kier alpha value is -2.03. The van der Waals surface area contributed by atoms with Gasteiger partial charge >= 0.3 is 5.97 Å². The largest absolute Gasteiger partial charge is 0.481 e. The Kier molecular flexibility index (Phi) is 4.28. The summed E-state index contributed by atoms with van der Waals surface area (Å²) < 4.78 is 2.12. The van der Waals surface area contributed by atoms with Crippen LogP contribution < -0.4 is 0 Å². The molecule has 0 atom stereocenters. The number of carboxylic acids is 1. The van der Waals surface area contributed by atoms with Crippen LogP contribution in [0.15, 0.2) is 36.5 Å². The maximum atomic E-state index is 10.7. The molecule has 0 radical (unpaired) electrons. The molecule has 106 valence electrons. The average Bonchev–Trinajstić information content (AvgIpc) is 2.72. The maximum Gasteiger partial charge on any atom is 0.303 e. The van der Waals surface area contributed by atoms with E-state index in [-0.39, 0.29) is 6.42 Å². The molecule has 0 aliphatic carbocycles. The molecule has 0 spiro atoms. The highest BCUT2D eigenvalue weighted by Gasteiger charge is 2.13. The van der Waals surface area contributed by atoms with E-state index in [1.165, 1.54) is 22.0 Å². The fourth-order valence-electron chi connectivity index (χ4n) is 2.58. The molecule has 1 N–H and O–H groups in total. The first-order valence-electron chi connectivity index (χ1n) is 6.97. The predicted molar refractivity (Wildman–Crippen MR) is 82.6 cm³/mol. The Labute approximate surface area is 119 Å². The van der Waals surface area contributed by atoms with Crippen LogP contribution in [0.4, 0.5) is 0 Å². The number of para-hydroxylation sites is 1. The number of carboxylic acid groups (broad SMARTS) is 1. The van der Waals surface area contributed by atoms with Crippen LogP contribution in [0.3, 0.4) is 0 Å². The highest BCUT2D eigenvalue weighted by Crippen LogP contribution is 2.31. The number of fused-ring (bicyclic) bond motifs is 1. The fourth-order valence-corrected chi connectivity index (χ4v) is 2.58. The molecule has 20 heavy (non-hydrogen) atoms. The molecule has 3 nitrogen and oxygen atoms in total. The molecule has 3 heteroatoms. The van der Waals surface area contributed by atoms with E-state index in [2.05, 4.69) is 42.8 Å². The molecule has 0 aliphatic heterocycles. The van der Waals surface area contributed by atoms with Crippen molar-refractivity contribution in [2.45, 2.75) is 26.7 Å². The molecule has 1 aromatic carbocycles. The summed E-state index contributed by atoms with van der Waals surface area (Å²) >= 11 is 0. The number of nitrogens with zero attached hydrogens (tertiary/aromatic N) is 1. The van der Waals surface area contributed by atoms with Crippen LogP contribution in [0.2, 0.25) is 0 Å². The van der Waals surface area contributed by atoms with Crippen molar-refractivity contribution in [2.24, 2.45) is 13.0 Å². The molecular weight excluding hydrogens is 250 g/mol. The van der Waals surface area contributed by atoms with Crippen molar-refractivity contribution in [1.82, 2.24) is 4.57 Å². The summed E-state index contributed by atoms with van der Waals surface area (Å²) in [5, 5.41) is 10.0. The molecule has 2 aromatic rings. The molecule has 0 saturated heterocycles. The van der Waals surface area contributed by atoms with Crippen molar-refractivity contribution in [3.63, 3.8) is 0 Å². The molecule has 0 fully saturated rings. The van der Waals surface area contributed by atoms with Gasteiger partial charge in [-0.05, 0) is 24.0 Å². The molecule has 1 heterocycles. The van der Waals surface area contributed by atoms with Gasteiger partial charge in [-0.2, -0.15) is 0 Å². The van der Waals surface area contributed by atoms with E-state index in [1.54, 1.807) is 0 Å². The topological polar surface area (TPSA) is 42.2 Å². The third kappa shape index (κ3) is 2.93. The second kappa shape index (κ2) is 5.95. The van der Waals surface area contributed by atoms with Crippen molar-refractivity contribution in [1.29, 1.82) is 0 Å². The number of benzene rings is 1. The lowest BCUT2D eigenvalue weighted by molar-refractivity contribution is -0.136. The maximum absolute atomic E-state index is 10.7. The van der Waals surface area contributed by atoms with Gasteiger partial charge in [0.25, 0.3) is 0 Å². The zero-order chi connectivity index (χ0) is 14.7. The molecule has 0 saturated carbocycles. The zero-order valence-electron chi connectivity index (χ0n) is 12.3. The van der Waals surface area contributed by atoms with Gasteiger partial charge in [0.05, 0.1) is 0 Å². The quantitative estimate of drug-likeness (QED) is 0.890. The SMILES string of the molecule is CC(C)/C(=C\CCC(=O)O)c1cn(C)c2ccccc12. The molecule has 2 rings (SSSR count). The summed E-state index contributed by atoms with van der Waals surface area (Å²) in [6.45, 7) is 4.29. The first-order chi connectivity index (χ1) is 9.50. The van der Waals surface area contributed by atoms with Crippen molar-refractivity contribution in [3.05, 3.63) is 42.1 Å². The van der Waals surface area contributed by atoms with Crippen LogP contribution in [0, 0.1) is 5.92 Å². The summed E-state index contributed by atoms with van der Waals surface area (Å²) in [5.74, 6) is -0.378. The Bertz CT molecular complexity index is 650. The minimum atomic E-state index is -0.748. The Morgan fingerprint density at radius 3 is 2.70 bits per heavy atom. The standard InChI is InChI=1S/C17H21NO2/c1-12(2)13(8-6-10-17(19)20)15-11-18(3)16-9-5-4-7-14(15)16/h4-5,7-9,11-12H,6,10H2,1-3H3,(H,19,20)/b13-8+. The molecule has 1 aromatic heterocycles. The molecular formula is C17H21NO2. The minimum absolute atomic E-state index is 0.182. The van der Waals surface area contributed by atoms with Gasteiger partial charge in [-0.3, -0.25) is 4.79 Å². The summed E-state index contributed by atoms with van der Waals surface area (Å²) in [4.78, 5) is 10.7. The Balaban J connectivity index is 2.44. The number of aryl methyl sites for hydroxylation is 1. The normalized spacial score (nSPS) is 12.3. The predicted octanol–water partition coefficient (Wildman–Crippen LogP) is 4.08. The monoisotopic (exact) mass is 271 g/mol. The van der Waals surface area contributed by atoms with E-state index in [0.717, 1.165) is 0 Å². The van der Waals surface area contributed by atoms with Crippen molar-refractivity contribution in [3.8, 4) is 0 Å². The van der Waals surface area contributed by atoms with E-state index >= 15 is 0 Å². The van der Waals surface area contributed by atoms with Gasteiger partial charge < -0.3 is 9.67 Å². The highest BCUT2D eigenvalue weighted by molar-refractivity contribution is 5.93. The van der Waals surface area contributed by atoms with E-state index in [4.69, 9.17) is 5.11 Å². The third-order valence-corrected chi connectivity index (χ3v) is 3.55. The lowest BCUT2D eigenvalue weighted by Gasteiger charge is -2.11. The highest BCUT2D eigenvalue weighted by atomic mass is 16.4. The van der Waals surface area contributed by atoms with Gasteiger partial charge in [-0.15, -0.1) is 0 Å². The van der Waals surface area contributed by atoms with Crippen LogP contribution >= 0.6 is 0 Å². The van der Waals surface area contributed by atoms with Crippen LogP contribution in [0.1, 0.15) is 32.3 Å². The fraction of sp³-hybridized carbons (Fsp3) is 0.353. The number of rotatable bonds is 5. The zero-order valence-corrected chi connectivity index (χ0v) is 12.3. The number of allylic oxidation sites excluding steroid dienone is 2. The molecule has 0 amide bonds. The molecule has 0 unspecified atom stereocenters. The number of hydrogen-bond donors (Lipinski definition) is 1. The first-order valence-corrected chi connectivity index (χ1v) is 6.97. The van der Waals surface area contributed by atoms with Gasteiger partial charge in [-0.1, -0.05) is 38.1 Å². The first kappa shape index (κ1) is 14.4. The van der Waals surface area contributed by atoms with E-state index in [0.29, 0.717) is 12.3 Å². The van der Waals surface area contributed by atoms with Crippen molar-refractivity contribution in [2.75, 3.05) is 0 Å². The van der Waals surface area contributed by atoms with Crippen LogP contribution in [0.5, 0.6) is 0 Å². The van der Waals surface area contributed by atoms with Gasteiger partial charge in [0.2, 0.25) is 0 Å².